The first-order valence-corrected chi connectivity index (χ1v) is 7.86. The van der Waals surface area contributed by atoms with Crippen molar-refractivity contribution < 1.29 is 4.42 Å². The number of nitrogens with one attached hydrogen (secondary N) is 1. The first-order chi connectivity index (χ1) is 11.2. The van der Waals surface area contributed by atoms with E-state index in [9.17, 15) is 0 Å². The molecule has 0 saturated carbocycles. The predicted octanol–water partition coefficient (Wildman–Crippen LogP) is 3.69. The van der Waals surface area contributed by atoms with E-state index in [1.54, 1.807) is 6.92 Å². The molecule has 1 N–H and O–H groups in total. The molecule has 23 heavy (non-hydrogen) atoms. The highest BCUT2D eigenvalue weighted by Crippen LogP contribution is 2.28. The van der Waals surface area contributed by atoms with Crippen LogP contribution in [0.25, 0.3) is 0 Å². The molecule has 3 aromatic rings. The predicted molar refractivity (Wildman–Crippen MR) is 90.1 cm³/mol. The van der Waals surface area contributed by atoms with Crippen LogP contribution in [-0.2, 0) is 6.54 Å². The van der Waals surface area contributed by atoms with Crippen molar-refractivity contribution in [3.8, 4) is 0 Å². The van der Waals surface area contributed by atoms with Crippen molar-refractivity contribution in [1.82, 2.24) is 15.5 Å². The van der Waals surface area contributed by atoms with Gasteiger partial charge in [-0.1, -0.05) is 60.7 Å². The Bertz CT molecular complexity index is 685. The van der Waals surface area contributed by atoms with Crippen LogP contribution in [0.2, 0.25) is 0 Å². The van der Waals surface area contributed by atoms with Gasteiger partial charge in [0.05, 0.1) is 6.54 Å². The van der Waals surface area contributed by atoms with Crippen molar-refractivity contribution in [2.45, 2.75) is 32.4 Å². The van der Waals surface area contributed by atoms with Gasteiger partial charge in [0.2, 0.25) is 11.8 Å². The molecule has 0 aliphatic carbocycles. The van der Waals surface area contributed by atoms with Gasteiger partial charge in [0.25, 0.3) is 0 Å². The Hall–Kier alpha value is -2.46. The van der Waals surface area contributed by atoms with Crippen LogP contribution < -0.4 is 5.32 Å². The van der Waals surface area contributed by atoms with Crippen LogP contribution in [0.15, 0.2) is 65.1 Å². The summed E-state index contributed by atoms with van der Waals surface area (Å²) >= 11 is 0. The van der Waals surface area contributed by atoms with Gasteiger partial charge in [-0.25, -0.2) is 0 Å². The van der Waals surface area contributed by atoms with E-state index in [-0.39, 0.29) is 12.0 Å². The second kappa shape index (κ2) is 7.20. The van der Waals surface area contributed by atoms with E-state index in [0.29, 0.717) is 18.3 Å². The molecule has 4 heteroatoms. The number of aromatic nitrogens is 2. The van der Waals surface area contributed by atoms with Crippen LogP contribution in [0.1, 0.15) is 35.7 Å². The molecular weight excluding hydrogens is 286 g/mol. The summed E-state index contributed by atoms with van der Waals surface area (Å²) in [5, 5.41) is 11.4. The van der Waals surface area contributed by atoms with Gasteiger partial charge in [-0.3, -0.25) is 0 Å². The summed E-state index contributed by atoms with van der Waals surface area (Å²) in [6.45, 7) is 4.56. The molecule has 118 valence electrons. The molecule has 0 aliphatic rings. The van der Waals surface area contributed by atoms with Crippen molar-refractivity contribution in [1.29, 1.82) is 0 Å². The molecule has 0 fully saturated rings. The summed E-state index contributed by atoms with van der Waals surface area (Å²) in [6, 6.07) is 21.3. The third-order valence-electron chi connectivity index (χ3n) is 3.96. The maximum absolute atomic E-state index is 5.44. The number of hydrogen-bond acceptors (Lipinski definition) is 4. The summed E-state index contributed by atoms with van der Waals surface area (Å²) in [6.07, 6.45) is 0. The van der Waals surface area contributed by atoms with Crippen molar-refractivity contribution in [2.75, 3.05) is 0 Å². The van der Waals surface area contributed by atoms with Crippen LogP contribution in [-0.4, -0.2) is 16.2 Å². The summed E-state index contributed by atoms with van der Waals surface area (Å²) in [4.78, 5) is 0. The summed E-state index contributed by atoms with van der Waals surface area (Å²) in [5.41, 5.74) is 2.58. The van der Waals surface area contributed by atoms with Crippen molar-refractivity contribution >= 4 is 0 Å². The zero-order valence-corrected chi connectivity index (χ0v) is 13.4. The van der Waals surface area contributed by atoms with Gasteiger partial charge in [-0.15, -0.1) is 10.2 Å². The number of rotatable bonds is 6. The van der Waals surface area contributed by atoms with Gasteiger partial charge in [0.15, 0.2) is 0 Å². The molecule has 0 saturated heterocycles. The third kappa shape index (κ3) is 3.85. The first kappa shape index (κ1) is 15.4. The quantitative estimate of drug-likeness (QED) is 0.754. The molecule has 2 aromatic carbocycles. The molecule has 0 amide bonds. The highest BCUT2D eigenvalue weighted by atomic mass is 16.4. The van der Waals surface area contributed by atoms with Gasteiger partial charge >= 0.3 is 0 Å². The lowest BCUT2D eigenvalue weighted by Crippen LogP contribution is -2.32. The highest BCUT2D eigenvalue weighted by Gasteiger charge is 2.21. The number of hydrogen-bond donors (Lipinski definition) is 1. The Balaban J connectivity index is 1.80. The minimum atomic E-state index is 0.229. The van der Waals surface area contributed by atoms with E-state index in [2.05, 4.69) is 71.0 Å². The minimum absolute atomic E-state index is 0.229. The lowest BCUT2D eigenvalue weighted by Gasteiger charge is -2.25. The maximum Gasteiger partial charge on any atom is 0.230 e. The maximum atomic E-state index is 5.44. The van der Waals surface area contributed by atoms with E-state index in [1.807, 2.05) is 12.1 Å². The van der Waals surface area contributed by atoms with E-state index >= 15 is 0 Å². The average molecular weight is 307 g/mol. The van der Waals surface area contributed by atoms with Gasteiger partial charge in [-0.05, 0) is 18.1 Å². The smallest absolute Gasteiger partial charge is 0.230 e. The Morgan fingerprint density at radius 2 is 1.48 bits per heavy atom. The van der Waals surface area contributed by atoms with E-state index < -0.39 is 0 Å². The number of benzene rings is 2. The van der Waals surface area contributed by atoms with Gasteiger partial charge in [-0.2, -0.15) is 0 Å². The van der Waals surface area contributed by atoms with E-state index in [1.165, 1.54) is 11.1 Å². The summed E-state index contributed by atoms with van der Waals surface area (Å²) < 4.78 is 5.44. The molecule has 1 aromatic heterocycles. The van der Waals surface area contributed by atoms with E-state index in [4.69, 9.17) is 4.42 Å². The van der Waals surface area contributed by atoms with Crippen molar-refractivity contribution in [2.24, 2.45) is 0 Å². The molecule has 0 radical (unpaired) electrons. The topological polar surface area (TPSA) is 51.0 Å². The molecule has 3 rings (SSSR count). The van der Waals surface area contributed by atoms with Crippen LogP contribution in [0.3, 0.4) is 0 Å². The fraction of sp³-hybridized carbons (Fsp3) is 0.263. The fourth-order valence-electron chi connectivity index (χ4n) is 2.87. The Morgan fingerprint density at radius 3 is 1.96 bits per heavy atom. The zero-order chi connectivity index (χ0) is 16.1. The second-order valence-corrected chi connectivity index (χ2v) is 5.68. The minimum Gasteiger partial charge on any atom is -0.424 e. The SMILES string of the molecule is Cc1nnc(CN[C@H](C)C(c2ccccc2)c2ccccc2)o1. The molecule has 0 unspecified atom stereocenters. The zero-order valence-electron chi connectivity index (χ0n) is 13.4. The van der Waals surface area contributed by atoms with Crippen molar-refractivity contribution in [3.05, 3.63) is 83.6 Å². The largest absolute Gasteiger partial charge is 0.424 e. The molecule has 0 spiro atoms. The Morgan fingerprint density at radius 1 is 0.913 bits per heavy atom. The molecule has 1 atom stereocenters. The van der Waals surface area contributed by atoms with Crippen LogP contribution >= 0.6 is 0 Å². The first-order valence-electron chi connectivity index (χ1n) is 7.86. The van der Waals surface area contributed by atoms with Gasteiger partial charge < -0.3 is 9.73 Å². The van der Waals surface area contributed by atoms with Crippen LogP contribution in [0, 0.1) is 6.92 Å². The highest BCUT2D eigenvalue weighted by molar-refractivity contribution is 5.34. The van der Waals surface area contributed by atoms with Gasteiger partial charge in [0.1, 0.15) is 0 Å². The number of nitrogens with zero attached hydrogens (tertiary/aromatic N) is 2. The summed E-state index contributed by atoms with van der Waals surface area (Å²) in [7, 11) is 0. The number of aryl methyl sites for hydroxylation is 1. The lowest BCUT2D eigenvalue weighted by molar-refractivity contribution is 0.414. The Kier molecular flexibility index (Phi) is 4.83. The molecule has 0 aliphatic heterocycles. The molecule has 4 nitrogen and oxygen atoms in total. The van der Waals surface area contributed by atoms with Crippen molar-refractivity contribution in [3.63, 3.8) is 0 Å². The Labute approximate surface area is 136 Å². The van der Waals surface area contributed by atoms with E-state index in [0.717, 1.165) is 0 Å². The van der Waals surface area contributed by atoms with Crippen LogP contribution in [0.5, 0.6) is 0 Å². The molecule has 1 heterocycles. The van der Waals surface area contributed by atoms with Gasteiger partial charge in [0, 0.05) is 18.9 Å². The fourth-order valence-corrected chi connectivity index (χ4v) is 2.87. The standard InChI is InChI=1S/C19H21N3O/c1-14(20-13-18-22-21-15(2)23-18)19(16-9-5-3-6-10-16)17-11-7-4-8-12-17/h3-12,14,19-20H,13H2,1-2H3/t14-/m1/s1. The monoisotopic (exact) mass is 307 g/mol. The summed E-state index contributed by atoms with van der Waals surface area (Å²) in [5.74, 6) is 1.48. The normalized spacial score (nSPS) is 12.5. The lowest BCUT2D eigenvalue weighted by atomic mass is 9.86. The average Bonchev–Trinajstić information content (AvgIpc) is 3.01. The van der Waals surface area contributed by atoms with Crippen LogP contribution in [0.4, 0.5) is 0 Å². The molecular formula is C19H21N3O. The molecule has 0 bridgehead atoms. The second-order valence-electron chi connectivity index (χ2n) is 5.68. The third-order valence-corrected chi connectivity index (χ3v) is 3.96.